The molecule has 0 N–H and O–H groups in total. The molecule has 1 atom stereocenters. The zero-order valence-electron chi connectivity index (χ0n) is 17.2. The minimum absolute atomic E-state index is 0.0000793. The number of anilines is 1. The zero-order valence-corrected chi connectivity index (χ0v) is 19.5. The van der Waals surface area contributed by atoms with Crippen LogP contribution in [0.3, 0.4) is 0 Å². The second-order valence-corrected chi connectivity index (χ2v) is 9.36. The van der Waals surface area contributed by atoms with Crippen molar-refractivity contribution in [3.63, 3.8) is 0 Å². The maximum atomic E-state index is 13.4. The fraction of sp³-hybridized carbons (Fsp3) is 0.190. The molecule has 0 radical (unpaired) electrons. The van der Waals surface area contributed by atoms with Crippen molar-refractivity contribution in [2.45, 2.75) is 24.8 Å². The molecule has 1 heterocycles. The average Bonchev–Trinajstić information content (AvgIpc) is 3.19. The molecule has 0 aliphatic carbocycles. The Kier molecular flexibility index (Phi) is 7.22. The van der Waals surface area contributed by atoms with Gasteiger partial charge in [0.1, 0.15) is 0 Å². The molecule has 0 saturated carbocycles. The highest BCUT2D eigenvalue weighted by atomic mass is 35.5. The Labute approximate surface area is 195 Å². The number of rotatable bonds is 8. The summed E-state index contributed by atoms with van der Waals surface area (Å²) in [5.74, 6) is -0.411. The van der Waals surface area contributed by atoms with E-state index in [1.807, 2.05) is 0 Å². The Hall–Kier alpha value is -2.88. The average molecular weight is 496 g/mol. The van der Waals surface area contributed by atoms with Crippen molar-refractivity contribution in [3.8, 4) is 0 Å². The van der Waals surface area contributed by atoms with Gasteiger partial charge in [0, 0.05) is 11.9 Å². The Morgan fingerprint density at radius 3 is 2.50 bits per heavy atom. The summed E-state index contributed by atoms with van der Waals surface area (Å²) in [4.78, 5) is 12.6. The van der Waals surface area contributed by atoms with Gasteiger partial charge in [-0.25, -0.2) is 13.2 Å². The summed E-state index contributed by atoms with van der Waals surface area (Å²) >= 11 is 12.1. The van der Waals surface area contributed by atoms with E-state index in [1.54, 1.807) is 38.1 Å². The highest BCUT2D eigenvalue weighted by Crippen LogP contribution is 2.29. The minimum Gasteiger partial charge on any atom is -0.449 e. The first-order valence-corrected chi connectivity index (χ1v) is 11.5. The lowest BCUT2D eigenvalue weighted by Crippen LogP contribution is -2.31. The van der Waals surface area contributed by atoms with Crippen molar-refractivity contribution in [2.24, 2.45) is 0 Å². The van der Waals surface area contributed by atoms with Gasteiger partial charge in [0.2, 0.25) is 5.89 Å². The smallest absolute Gasteiger partial charge is 0.340 e. The Balaban J connectivity index is 1.94. The van der Waals surface area contributed by atoms with E-state index in [-0.39, 0.29) is 27.9 Å². The SMILES string of the molecule is C=CCN(c1ccc(Cl)cc1)S(=O)(=O)c1ccc(Cl)c(C(=O)OC(C)c2nnc(C)o2)c1. The lowest BCUT2D eigenvalue weighted by molar-refractivity contribution is 0.0277. The Morgan fingerprint density at radius 2 is 1.91 bits per heavy atom. The van der Waals surface area contributed by atoms with Crippen LogP contribution in [0.25, 0.3) is 0 Å². The zero-order chi connectivity index (χ0) is 23.5. The quantitative estimate of drug-likeness (QED) is 0.320. The number of aryl methyl sites for hydroxylation is 1. The summed E-state index contributed by atoms with van der Waals surface area (Å²) in [6.07, 6.45) is 0.594. The molecule has 0 saturated heterocycles. The number of aromatic nitrogens is 2. The van der Waals surface area contributed by atoms with Gasteiger partial charge in [-0.05, 0) is 49.4 Å². The number of nitrogens with zero attached hydrogens (tertiary/aromatic N) is 3. The van der Waals surface area contributed by atoms with Crippen molar-refractivity contribution in [2.75, 3.05) is 10.8 Å². The third-order valence-electron chi connectivity index (χ3n) is 4.33. The van der Waals surface area contributed by atoms with Crippen molar-refractivity contribution in [1.82, 2.24) is 10.2 Å². The van der Waals surface area contributed by atoms with E-state index >= 15 is 0 Å². The molecule has 0 spiro atoms. The number of sulfonamides is 1. The molecule has 2 aromatic carbocycles. The second-order valence-electron chi connectivity index (χ2n) is 6.65. The normalized spacial score (nSPS) is 12.2. The van der Waals surface area contributed by atoms with Gasteiger partial charge >= 0.3 is 5.97 Å². The molecule has 0 aliphatic heterocycles. The molecule has 3 rings (SSSR count). The summed E-state index contributed by atoms with van der Waals surface area (Å²) in [5, 5.41) is 7.99. The van der Waals surface area contributed by atoms with Crippen LogP contribution in [0.4, 0.5) is 5.69 Å². The predicted molar refractivity (Wildman–Crippen MR) is 120 cm³/mol. The summed E-state index contributed by atoms with van der Waals surface area (Å²) in [6, 6.07) is 10.1. The summed E-state index contributed by atoms with van der Waals surface area (Å²) < 4.78 is 38.4. The molecule has 8 nitrogen and oxygen atoms in total. The van der Waals surface area contributed by atoms with Crippen LogP contribution < -0.4 is 4.31 Å². The van der Waals surface area contributed by atoms with E-state index in [1.165, 1.54) is 18.2 Å². The lowest BCUT2D eigenvalue weighted by atomic mass is 10.2. The number of hydrogen-bond donors (Lipinski definition) is 0. The first kappa shape index (κ1) is 23.8. The van der Waals surface area contributed by atoms with Gasteiger partial charge in [0.15, 0.2) is 6.10 Å². The van der Waals surface area contributed by atoms with Crippen LogP contribution in [0.2, 0.25) is 10.0 Å². The lowest BCUT2D eigenvalue weighted by Gasteiger charge is -2.23. The van der Waals surface area contributed by atoms with E-state index in [9.17, 15) is 13.2 Å². The van der Waals surface area contributed by atoms with E-state index in [4.69, 9.17) is 32.4 Å². The fourth-order valence-corrected chi connectivity index (χ4v) is 4.55. The van der Waals surface area contributed by atoms with Gasteiger partial charge in [-0.1, -0.05) is 29.3 Å². The van der Waals surface area contributed by atoms with Crippen molar-refractivity contribution in [3.05, 3.63) is 82.5 Å². The molecular weight excluding hydrogens is 477 g/mol. The number of halogens is 2. The molecule has 3 aromatic rings. The van der Waals surface area contributed by atoms with Crippen molar-refractivity contribution in [1.29, 1.82) is 0 Å². The molecule has 0 aliphatic rings. The summed E-state index contributed by atoms with van der Waals surface area (Å²) in [6.45, 7) is 6.78. The summed E-state index contributed by atoms with van der Waals surface area (Å²) in [5.41, 5.74) is 0.263. The Morgan fingerprint density at radius 1 is 1.22 bits per heavy atom. The minimum atomic E-state index is -4.07. The van der Waals surface area contributed by atoms with Gasteiger partial charge in [0.25, 0.3) is 15.9 Å². The maximum absolute atomic E-state index is 13.4. The molecule has 0 fully saturated rings. The van der Waals surface area contributed by atoms with Gasteiger partial charge < -0.3 is 9.15 Å². The predicted octanol–water partition coefficient (Wildman–Crippen LogP) is 4.98. The number of carbonyl (C=O) groups is 1. The molecule has 32 heavy (non-hydrogen) atoms. The second kappa shape index (κ2) is 9.72. The monoisotopic (exact) mass is 495 g/mol. The molecule has 0 bridgehead atoms. The van der Waals surface area contributed by atoms with Crippen molar-refractivity contribution < 1.29 is 22.4 Å². The number of benzene rings is 2. The topological polar surface area (TPSA) is 103 Å². The fourth-order valence-electron chi connectivity index (χ4n) is 2.77. The number of hydrogen-bond acceptors (Lipinski definition) is 7. The summed E-state index contributed by atoms with van der Waals surface area (Å²) in [7, 11) is -4.07. The largest absolute Gasteiger partial charge is 0.449 e. The first-order valence-electron chi connectivity index (χ1n) is 9.33. The first-order chi connectivity index (χ1) is 15.1. The third kappa shape index (κ3) is 5.12. The Bertz CT molecular complexity index is 1240. The van der Waals surface area contributed by atoms with Crippen LogP contribution in [-0.4, -0.2) is 31.1 Å². The van der Waals surface area contributed by atoms with Gasteiger partial charge in [-0.3, -0.25) is 4.31 Å². The van der Waals surface area contributed by atoms with Crippen LogP contribution in [0.5, 0.6) is 0 Å². The van der Waals surface area contributed by atoms with E-state index in [0.29, 0.717) is 16.6 Å². The number of ether oxygens (including phenoxy) is 1. The van der Waals surface area contributed by atoms with Crippen LogP contribution >= 0.6 is 23.2 Å². The molecule has 11 heteroatoms. The van der Waals surface area contributed by atoms with Gasteiger partial charge in [-0.15, -0.1) is 16.8 Å². The molecule has 168 valence electrons. The number of carbonyl (C=O) groups excluding carboxylic acids is 1. The highest BCUT2D eigenvalue weighted by Gasteiger charge is 2.27. The van der Waals surface area contributed by atoms with E-state index in [0.717, 1.165) is 10.4 Å². The standard InChI is InChI=1S/C21H19Cl2N3O5S/c1-4-11-26(16-7-5-15(22)6-8-16)32(28,29)17-9-10-19(23)18(12-17)21(27)30-13(2)20-25-24-14(3)31-20/h4-10,12-13H,1,11H2,2-3H3. The van der Waals surface area contributed by atoms with Gasteiger partial charge in [0.05, 0.1) is 27.7 Å². The van der Waals surface area contributed by atoms with E-state index in [2.05, 4.69) is 16.8 Å². The van der Waals surface area contributed by atoms with E-state index < -0.39 is 22.1 Å². The van der Waals surface area contributed by atoms with Crippen molar-refractivity contribution >= 4 is 44.9 Å². The van der Waals surface area contributed by atoms with Crippen LogP contribution in [0, 0.1) is 6.92 Å². The molecular formula is C21H19Cl2N3O5S. The maximum Gasteiger partial charge on any atom is 0.340 e. The molecule has 1 unspecified atom stereocenters. The van der Waals surface area contributed by atoms with Crippen LogP contribution in [-0.2, 0) is 14.8 Å². The number of esters is 1. The molecule has 0 amide bonds. The third-order valence-corrected chi connectivity index (χ3v) is 6.70. The van der Waals surface area contributed by atoms with Crippen LogP contribution in [0.15, 0.2) is 64.4 Å². The van der Waals surface area contributed by atoms with Gasteiger partial charge in [-0.2, -0.15) is 0 Å². The highest BCUT2D eigenvalue weighted by molar-refractivity contribution is 7.92. The van der Waals surface area contributed by atoms with Crippen LogP contribution in [0.1, 0.15) is 35.2 Å². The molecule has 1 aromatic heterocycles.